The molecule has 0 bridgehead atoms. The maximum Gasteiger partial charge on any atom is 0.313 e. The van der Waals surface area contributed by atoms with Crippen LogP contribution in [0.5, 0.6) is 5.88 Å². The molecule has 0 aliphatic carbocycles. The van der Waals surface area contributed by atoms with E-state index in [9.17, 15) is 10.1 Å². The van der Waals surface area contributed by atoms with Gasteiger partial charge in [-0.25, -0.2) is 9.67 Å². The van der Waals surface area contributed by atoms with Crippen molar-refractivity contribution in [1.29, 1.82) is 0 Å². The molecule has 1 aliphatic rings. The summed E-state index contributed by atoms with van der Waals surface area (Å²) >= 11 is 0. The van der Waals surface area contributed by atoms with Gasteiger partial charge < -0.3 is 24.6 Å². The highest BCUT2D eigenvalue weighted by atomic mass is 16.6. The Morgan fingerprint density at radius 1 is 1.15 bits per heavy atom. The van der Waals surface area contributed by atoms with Gasteiger partial charge in [-0.15, -0.1) is 0 Å². The summed E-state index contributed by atoms with van der Waals surface area (Å²) < 4.78 is 12.6. The molecule has 1 saturated heterocycles. The number of nitro groups is 1. The van der Waals surface area contributed by atoms with E-state index in [4.69, 9.17) is 19.6 Å². The van der Waals surface area contributed by atoms with Crippen molar-refractivity contribution in [3.8, 4) is 23.0 Å². The van der Waals surface area contributed by atoms with Crippen LogP contribution in [0.4, 0.5) is 23.1 Å². The maximum absolute atomic E-state index is 12.0. The van der Waals surface area contributed by atoms with Gasteiger partial charge in [-0.3, -0.25) is 10.1 Å². The van der Waals surface area contributed by atoms with E-state index in [-0.39, 0.29) is 29.0 Å². The molecule has 1 aromatic carbocycles. The normalized spacial score (nSPS) is 13.5. The second-order valence-corrected chi connectivity index (χ2v) is 9.62. The van der Waals surface area contributed by atoms with Crippen LogP contribution >= 0.6 is 0 Å². The van der Waals surface area contributed by atoms with E-state index < -0.39 is 4.92 Å². The molecule has 4 aromatic rings. The molecular formula is C27H31N9O4. The van der Waals surface area contributed by atoms with Crippen LogP contribution in [0.1, 0.15) is 11.1 Å². The smallest absolute Gasteiger partial charge is 0.313 e. The molecular weight excluding hydrogens is 514 g/mol. The highest BCUT2D eigenvalue weighted by molar-refractivity contribution is 5.71. The van der Waals surface area contributed by atoms with Crippen molar-refractivity contribution >= 4 is 23.1 Å². The Hall–Kier alpha value is -4.62. The van der Waals surface area contributed by atoms with Crippen molar-refractivity contribution in [2.24, 2.45) is 0 Å². The Bertz CT molecular complexity index is 1500. The largest absolute Gasteiger partial charge is 0.479 e. The van der Waals surface area contributed by atoms with E-state index in [0.717, 1.165) is 22.4 Å². The quantitative estimate of drug-likeness (QED) is 0.244. The molecule has 208 valence electrons. The molecule has 0 radical (unpaired) electrons. The number of ether oxygens (including phenoxy) is 2. The summed E-state index contributed by atoms with van der Waals surface area (Å²) in [6, 6.07) is 11.4. The summed E-state index contributed by atoms with van der Waals surface area (Å²) in [6.45, 7) is 4.53. The number of aromatic nitrogens is 5. The van der Waals surface area contributed by atoms with Crippen LogP contribution in [-0.2, 0) is 11.3 Å². The topological polar surface area (TPSA) is 137 Å². The lowest BCUT2D eigenvalue weighted by Crippen LogP contribution is -2.37. The predicted octanol–water partition coefficient (Wildman–Crippen LogP) is 3.59. The van der Waals surface area contributed by atoms with Crippen LogP contribution in [0.25, 0.3) is 17.1 Å². The number of rotatable bonds is 9. The van der Waals surface area contributed by atoms with Crippen molar-refractivity contribution in [3.05, 3.63) is 70.0 Å². The zero-order chi connectivity index (χ0) is 28.2. The number of nitrogens with one attached hydrogen (secondary N) is 1. The molecule has 1 aliphatic heterocycles. The molecule has 1 N–H and O–H groups in total. The maximum atomic E-state index is 12.0. The van der Waals surface area contributed by atoms with E-state index in [2.05, 4.69) is 20.2 Å². The van der Waals surface area contributed by atoms with Crippen molar-refractivity contribution in [2.75, 3.05) is 57.7 Å². The second-order valence-electron chi connectivity index (χ2n) is 9.62. The summed E-state index contributed by atoms with van der Waals surface area (Å²) in [4.78, 5) is 29.0. The van der Waals surface area contributed by atoms with Gasteiger partial charge in [0, 0.05) is 54.8 Å². The summed E-state index contributed by atoms with van der Waals surface area (Å²) in [5.41, 5.74) is 3.85. The number of nitrogens with zero attached hydrogens (tertiary/aromatic N) is 8. The van der Waals surface area contributed by atoms with Gasteiger partial charge >= 0.3 is 5.69 Å². The number of hydrogen-bond donors (Lipinski definition) is 1. The first-order valence-corrected chi connectivity index (χ1v) is 12.8. The summed E-state index contributed by atoms with van der Waals surface area (Å²) in [6.07, 6.45) is 3.64. The van der Waals surface area contributed by atoms with E-state index in [1.165, 1.54) is 13.2 Å². The van der Waals surface area contributed by atoms with Gasteiger partial charge in [-0.1, -0.05) is 30.3 Å². The van der Waals surface area contributed by atoms with Crippen molar-refractivity contribution in [1.82, 2.24) is 29.6 Å². The Morgan fingerprint density at radius 3 is 2.58 bits per heavy atom. The highest BCUT2D eigenvalue weighted by Crippen LogP contribution is 2.36. The molecule has 5 rings (SSSR count). The molecule has 1 fully saturated rings. The number of hydrogen-bond acceptors (Lipinski definition) is 11. The van der Waals surface area contributed by atoms with E-state index in [0.29, 0.717) is 38.7 Å². The highest BCUT2D eigenvalue weighted by Gasteiger charge is 2.27. The number of morpholine rings is 1. The number of pyridine rings is 1. The molecule has 0 spiro atoms. The lowest BCUT2D eigenvalue weighted by atomic mass is 10.1. The van der Waals surface area contributed by atoms with Crippen LogP contribution < -0.4 is 15.0 Å². The van der Waals surface area contributed by atoms with Gasteiger partial charge in [0.2, 0.25) is 17.6 Å². The minimum absolute atomic E-state index is 0.148. The minimum atomic E-state index is -0.453. The summed E-state index contributed by atoms with van der Waals surface area (Å²) in [5.74, 6) is 1.22. The van der Waals surface area contributed by atoms with Crippen LogP contribution in [-0.4, -0.2) is 82.1 Å². The zero-order valence-corrected chi connectivity index (χ0v) is 22.9. The van der Waals surface area contributed by atoms with Gasteiger partial charge in [0.15, 0.2) is 5.82 Å². The molecule has 13 nitrogen and oxygen atoms in total. The molecule has 0 saturated carbocycles. The molecule has 3 aromatic heterocycles. The van der Waals surface area contributed by atoms with Crippen LogP contribution in [0.15, 0.2) is 48.8 Å². The Kier molecular flexibility index (Phi) is 7.84. The van der Waals surface area contributed by atoms with E-state index in [1.807, 2.05) is 62.4 Å². The first-order valence-electron chi connectivity index (χ1n) is 12.8. The van der Waals surface area contributed by atoms with Gasteiger partial charge in [-0.2, -0.15) is 15.1 Å². The monoisotopic (exact) mass is 545 g/mol. The van der Waals surface area contributed by atoms with E-state index in [1.54, 1.807) is 10.9 Å². The fourth-order valence-corrected chi connectivity index (χ4v) is 4.52. The number of anilines is 3. The van der Waals surface area contributed by atoms with Gasteiger partial charge in [0.25, 0.3) is 0 Å². The standard InChI is InChI=1S/C27H31N9O4/c1-18-15-28-27(29-21-14-22(36(37)38)25(30-26(21)39-4)34-10-12-40-13-11-34)31-24(18)35-17-20(16-33(2)3)23(32-35)19-8-6-5-7-9-19/h5-9,14-15,17H,10-13,16H2,1-4H3,(H,28,29,31). The molecule has 0 atom stereocenters. The van der Waals surface area contributed by atoms with Crippen LogP contribution in [0.3, 0.4) is 0 Å². The Balaban J connectivity index is 1.51. The second kappa shape index (κ2) is 11.6. The predicted molar refractivity (Wildman–Crippen MR) is 150 cm³/mol. The SMILES string of the molecule is COc1nc(N2CCOCC2)c([N+](=O)[O-])cc1Nc1ncc(C)c(-n2cc(CN(C)C)c(-c3ccccc3)n2)n1. The van der Waals surface area contributed by atoms with Gasteiger partial charge in [0.05, 0.1) is 30.9 Å². The molecule has 4 heterocycles. The zero-order valence-electron chi connectivity index (χ0n) is 22.9. The average Bonchev–Trinajstić information content (AvgIpc) is 3.37. The van der Waals surface area contributed by atoms with Gasteiger partial charge in [0.1, 0.15) is 5.69 Å². The van der Waals surface area contributed by atoms with Crippen LogP contribution in [0, 0.1) is 17.0 Å². The molecule has 40 heavy (non-hydrogen) atoms. The number of benzene rings is 1. The third-order valence-electron chi connectivity index (χ3n) is 6.38. The Morgan fingerprint density at radius 2 is 1.90 bits per heavy atom. The lowest BCUT2D eigenvalue weighted by Gasteiger charge is -2.27. The minimum Gasteiger partial charge on any atom is -0.479 e. The molecule has 0 amide bonds. The van der Waals surface area contributed by atoms with Crippen molar-refractivity contribution < 1.29 is 14.4 Å². The van der Waals surface area contributed by atoms with Crippen molar-refractivity contribution in [2.45, 2.75) is 13.5 Å². The molecule has 13 heteroatoms. The third-order valence-corrected chi connectivity index (χ3v) is 6.38. The summed E-state index contributed by atoms with van der Waals surface area (Å²) in [7, 11) is 5.48. The number of aryl methyl sites for hydroxylation is 1. The molecule has 0 unspecified atom stereocenters. The summed E-state index contributed by atoms with van der Waals surface area (Å²) in [5, 5.41) is 19.9. The average molecular weight is 546 g/mol. The first-order chi connectivity index (χ1) is 19.3. The lowest BCUT2D eigenvalue weighted by molar-refractivity contribution is -0.384. The Labute approximate surface area is 231 Å². The van der Waals surface area contributed by atoms with E-state index >= 15 is 0 Å². The fraction of sp³-hybridized carbons (Fsp3) is 0.333. The van der Waals surface area contributed by atoms with Crippen LogP contribution in [0.2, 0.25) is 0 Å². The number of methoxy groups -OCH3 is 1. The fourth-order valence-electron chi connectivity index (χ4n) is 4.52. The first kappa shape index (κ1) is 27.0. The van der Waals surface area contributed by atoms with Gasteiger partial charge in [-0.05, 0) is 21.0 Å². The van der Waals surface area contributed by atoms with Crippen molar-refractivity contribution in [3.63, 3.8) is 0 Å². The third kappa shape index (κ3) is 5.70.